The second-order valence-corrected chi connectivity index (χ2v) is 10.8. The first-order valence-electron chi connectivity index (χ1n) is 12.3. The van der Waals surface area contributed by atoms with Crippen LogP contribution < -0.4 is 0 Å². The van der Waals surface area contributed by atoms with Crippen LogP contribution in [0, 0.1) is 0 Å². The van der Waals surface area contributed by atoms with Crippen LogP contribution in [-0.2, 0) is 16.4 Å². The Bertz CT molecular complexity index is 1290. The number of rotatable bonds is 13. The summed E-state index contributed by atoms with van der Waals surface area (Å²) in [5, 5.41) is 8.43. The van der Waals surface area contributed by atoms with Crippen molar-refractivity contribution in [3.63, 3.8) is 0 Å². The summed E-state index contributed by atoms with van der Waals surface area (Å²) < 4.78 is 27.9. The molecule has 6 nitrogen and oxygen atoms in total. The summed E-state index contributed by atoms with van der Waals surface area (Å²) in [7, 11) is -3.31. The van der Waals surface area contributed by atoms with Crippen molar-refractivity contribution in [3.8, 4) is 22.4 Å². The van der Waals surface area contributed by atoms with Gasteiger partial charge in [-0.15, -0.1) is 5.10 Å². The lowest BCUT2D eigenvalue weighted by Crippen LogP contribution is -2.08. The molecule has 0 radical (unpaired) electrons. The van der Waals surface area contributed by atoms with E-state index in [2.05, 4.69) is 15.3 Å². The number of pyridine rings is 1. The molecule has 0 aliphatic rings. The Hall–Kier alpha value is -3.32. The molecule has 0 saturated heterocycles. The summed E-state index contributed by atoms with van der Waals surface area (Å²) in [6, 6.07) is 20.9. The number of hydrogen-bond acceptors (Lipinski definition) is 5. The van der Waals surface area contributed by atoms with E-state index in [0.717, 1.165) is 67.5 Å². The molecule has 0 amide bonds. The molecule has 0 unspecified atom stereocenters. The smallest absolute Gasteiger partial charge is 0.178 e. The van der Waals surface area contributed by atoms with Gasteiger partial charge in [-0.2, -0.15) is 0 Å². The van der Waals surface area contributed by atoms with Crippen LogP contribution in [0.2, 0.25) is 0 Å². The third-order valence-corrected chi connectivity index (χ3v) is 7.96. The van der Waals surface area contributed by atoms with Crippen molar-refractivity contribution in [1.82, 2.24) is 20.0 Å². The highest BCUT2D eigenvalue weighted by Gasteiger charge is 2.18. The lowest BCUT2D eigenvalue weighted by Gasteiger charge is -2.11. The molecular formula is C28H32N4O2S. The van der Waals surface area contributed by atoms with Gasteiger partial charge in [-0.25, -0.2) is 8.42 Å². The van der Waals surface area contributed by atoms with Crippen molar-refractivity contribution in [3.05, 3.63) is 85.3 Å². The second kappa shape index (κ2) is 12.4. The van der Waals surface area contributed by atoms with E-state index in [4.69, 9.17) is 0 Å². The van der Waals surface area contributed by atoms with Gasteiger partial charge in [0.05, 0.1) is 16.8 Å². The molecule has 0 spiro atoms. The first-order chi connectivity index (χ1) is 17.1. The number of unbranched alkanes of at least 4 members (excludes halogenated alkanes) is 6. The fourth-order valence-corrected chi connectivity index (χ4v) is 5.82. The Labute approximate surface area is 208 Å². The molecule has 0 N–H and O–H groups in total. The molecule has 0 aliphatic carbocycles. The first-order valence-corrected chi connectivity index (χ1v) is 14.0. The van der Waals surface area contributed by atoms with Gasteiger partial charge in [-0.05, 0) is 36.6 Å². The molecule has 0 bridgehead atoms. The fraction of sp³-hybridized carbons (Fsp3) is 0.321. The van der Waals surface area contributed by atoms with E-state index < -0.39 is 9.84 Å². The summed E-state index contributed by atoms with van der Waals surface area (Å²) >= 11 is 0. The van der Waals surface area contributed by atoms with Crippen LogP contribution in [-0.4, -0.2) is 34.1 Å². The number of aryl methyl sites for hydroxylation is 1. The summed E-state index contributed by atoms with van der Waals surface area (Å²) in [5.41, 5.74) is 3.54. The fourth-order valence-electron chi connectivity index (χ4n) is 4.21. The quantitative estimate of drug-likeness (QED) is 0.209. The predicted molar refractivity (Wildman–Crippen MR) is 140 cm³/mol. The number of nitrogens with zero attached hydrogens (tertiary/aromatic N) is 4. The van der Waals surface area contributed by atoms with Gasteiger partial charge in [0.1, 0.15) is 5.69 Å². The van der Waals surface area contributed by atoms with E-state index in [1.807, 2.05) is 65.5 Å². The zero-order valence-electron chi connectivity index (χ0n) is 20.0. The minimum absolute atomic E-state index is 0.197. The zero-order chi connectivity index (χ0) is 24.3. The van der Waals surface area contributed by atoms with Gasteiger partial charge < -0.3 is 0 Å². The normalized spacial score (nSPS) is 11.5. The number of aromatic nitrogens is 4. The Morgan fingerprint density at radius 2 is 1.40 bits per heavy atom. The minimum atomic E-state index is -3.31. The van der Waals surface area contributed by atoms with Gasteiger partial charge in [0.15, 0.2) is 9.84 Å². The molecule has 2 aromatic carbocycles. The standard InChI is InChI=1S/C28H32N4O2S/c33-35(34,28-18-10-9-17-26(28)24-14-7-6-8-15-24)21-12-5-3-1-2-4-11-20-32-23-27(30-31-32)25-16-13-19-29-22-25/h6-10,13-19,22-23H,1-5,11-12,20-21H2. The molecule has 2 heterocycles. The van der Waals surface area contributed by atoms with Crippen molar-refractivity contribution in [2.45, 2.75) is 56.4 Å². The monoisotopic (exact) mass is 488 g/mol. The Morgan fingerprint density at radius 1 is 0.714 bits per heavy atom. The van der Waals surface area contributed by atoms with Crippen LogP contribution >= 0.6 is 0 Å². The SMILES string of the molecule is O=S(=O)(CCCCCCCCCn1cc(-c2cccnc2)nn1)c1ccccc1-c1ccccc1. The summed E-state index contributed by atoms with van der Waals surface area (Å²) in [6.45, 7) is 0.854. The number of sulfone groups is 1. The molecule has 7 heteroatoms. The highest BCUT2D eigenvalue weighted by Crippen LogP contribution is 2.28. The van der Waals surface area contributed by atoms with E-state index in [0.29, 0.717) is 11.3 Å². The lowest BCUT2D eigenvalue weighted by molar-refractivity contribution is 0.512. The number of benzene rings is 2. The molecule has 0 fully saturated rings. The maximum absolute atomic E-state index is 13.0. The molecule has 4 aromatic rings. The average molecular weight is 489 g/mol. The van der Waals surface area contributed by atoms with Crippen molar-refractivity contribution < 1.29 is 8.42 Å². The molecular weight excluding hydrogens is 456 g/mol. The van der Waals surface area contributed by atoms with Gasteiger partial charge in [0.2, 0.25) is 0 Å². The topological polar surface area (TPSA) is 77.7 Å². The minimum Gasteiger partial charge on any atom is -0.264 e. The Morgan fingerprint density at radius 3 is 2.17 bits per heavy atom. The molecule has 35 heavy (non-hydrogen) atoms. The number of hydrogen-bond donors (Lipinski definition) is 0. The van der Waals surface area contributed by atoms with Crippen LogP contribution in [0.25, 0.3) is 22.4 Å². The second-order valence-electron chi connectivity index (χ2n) is 8.76. The molecule has 0 atom stereocenters. The highest BCUT2D eigenvalue weighted by atomic mass is 32.2. The van der Waals surface area contributed by atoms with E-state index in [-0.39, 0.29) is 5.75 Å². The summed E-state index contributed by atoms with van der Waals surface area (Å²) in [6.07, 6.45) is 12.7. The van der Waals surface area contributed by atoms with Gasteiger partial charge in [-0.3, -0.25) is 9.67 Å². The van der Waals surface area contributed by atoms with E-state index in [1.54, 1.807) is 24.5 Å². The summed E-state index contributed by atoms with van der Waals surface area (Å²) in [5.74, 6) is 0.197. The first kappa shape index (κ1) is 24.8. The molecule has 0 aliphatic heterocycles. The van der Waals surface area contributed by atoms with E-state index in [1.165, 1.54) is 0 Å². The van der Waals surface area contributed by atoms with Crippen molar-refractivity contribution >= 4 is 9.84 Å². The van der Waals surface area contributed by atoms with Gasteiger partial charge in [0, 0.05) is 30.1 Å². The van der Waals surface area contributed by atoms with Gasteiger partial charge >= 0.3 is 0 Å². The van der Waals surface area contributed by atoms with Gasteiger partial charge in [0.25, 0.3) is 0 Å². The van der Waals surface area contributed by atoms with Crippen molar-refractivity contribution in [2.24, 2.45) is 0 Å². The molecule has 182 valence electrons. The van der Waals surface area contributed by atoms with Gasteiger partial charge in [-0.1, -0.05) is 85.8 Å². The largest absolute Gasteiger partial charge is 0.264 e. The Kier molecular flexibility index (Phi) is 8.79. The van der Waals surface area contributed by atoms with Crippen molar-refractivity contribution in [2.75, 3.05) is 5.75 Å². The van der Waals surface area contributed by atoms with Crippen molar-refractivity contribution in [1.29, 1.82) is 0 Å². The van der Waals surface area contributed by atoms with Crippen LogP contribution in [0.3, 0.4) is 0 Å². The molecule has 2 aromatic heterocycles. The summed E-state index contributed by atoms with van der Waals surface area (Å²) in [4.78, 5) is 4.56. The van der Waals surface area contributed by atoms with Crippen LogP contribution in [0.5, 0.6) is 0 Å². The Balaban J connectivity index is 1.13. The third kappa shape index (κ3) is 7.09. The van der Waals surface area contributed by atoms with Crippen LogP contribution in [0.4, 0.5) is 0 Å². The molecule has 0 saturated carbocycles. The predicted octanol–water partition coefficient (Wildman–Crippen LogP) is 6.21. The van der Waals surface area contributed by atoms with Crippen LogP contribution in [0.1, 0.15) is 44.9 Å². The van der Waals surface area contributed by atoms with Crippen LogP contribution in [0.15, 0.2) is 90.2 Å². The van der Waals surface area contributed by atoms with E-state index >= 15 is 0 Å². The maximum Gasteiger partial charge on any atom is 0.178 e. The third-order valence-electron chi connectivity index (χ3n) is 6.10. The van der Waals surface area contributed by atoms with E-state index in [9.17, 15) is 8.42 Å². The maximum atomic E-state index is 13.0. The highest BCUT2D eigenvalue weighted by molar-refractivity contribution is 7.91. The average Bonchev–Trinajstić information content (AvgIpc) is 3.38. The molecule has 4 rings (SSSR count). The lowest BCUT2D eigenvalue weighted by atomic mass is 10.1. The zero-order valence-corrected chi connectivity index (χ0v) is 20.8.